The van der Waals surface area contributed by atoms with Crippen LogP contribution >= 0.6 is 0 Å². The van der Waals surface area contributed by atoms with Crippen LogP contribution in [0.4, 0.5) is 13.2 Å². The second kappa shape index (κ2) is 7.12. The average molecular weight is 408 g/mol. The number of H-pyrrole nitrogens is 1. The number of aromatic nitrogens is 2. The number of hydrogen-bond acceptors (Lipinski definition) is 5. The largest absolute Gasteiger partial charge is 0.416 e. The lowest BCUT2D eigenvalue weighted by Crippen LogP contribution is -2.37. The lowest BCUT2D eigenvalue weighted by Gasteiger charge is -2.21. The van der Waals surface area contributed by atoms with Gasteiger partial charge in [-0.1, -0.05) is 0 Å². The van der Waals surface area contributed by atoms with Gasteiger partial charge in [0.15, 0.2) is 9.84 Å². The van der Waals surface area contributed by atoms with Gasteiger partial charge in [0, 0.05) is 6.26 Å². The minimum absolute atomic E-state index is 0.236. The molecule has 11 heteroatoms. The van der Waals surface area contributed by atoms with Gasteiger partial charge in [-0.05, 0) is 38.5 Å². The fraction of sp³-hybridized carbons (Fsp3) is 0.500. The molecule has 1 atom stereocenters. The Hall–Kier alpha value is -2.14. The molecule has 0 aliphatic rings. The molecule has 2 rings (SSSR count). The third-order valence-corrected chi connectivity index (χ3v) is 4.46. The minimum atomic E-state index is -4.74. The van der Waals surface area contributed by atoms with Gasteiger partial charge in [-0.15, -0.1) is 0 Å². The lowest BCUT2D eigenvalue weighted by molar-refractivity contribution is -0.139. The molecule has 0 spiro atoms. The second-order valence-corrected chi connectivity index (χ2v) is 8.64. The summed E-state index contributed by atoms with van der Waals surface area (Å²) in [6, 6.07) is 1.65. The summed E-state index contributed by atoms with van der Waals surface area (Å²) in [5, 5.41) is -0.236. The van der Waals surface area contributed by atoms with E-state index in [-0.39, 0.29) is 22.6 Å². The fourth-order valence-electron chi connectivity index (χ4n) is 2.73. The molecule has 0 aliphatic heterocycles. The van der Waals surface area contributed by atoms with E-state index in [1.54, 1.807) is 13.8 Å². The van der Waals surface area contributed by atoms with Gasteiger partial charge in [0.25, 0.3) is 5.56 Å². The van der Waals surface area contributed by atoms with Crippen LogP contribution in [0.1, 0.15) is 38.0 Å². The van der Waals surface area contributed by atoms with E-state index < -0.39 is 44.8 Å². The van der Waals surface area contributed by atoms with Crippen molar-refractivity contribution in [3.05, 3.63) is 44.1 Å². The number of ether oxygens (including phenoxy) is 1. The van der Waals surface area contributed by atoms with E-state index in [4.69, 9.17) is 4.74 Å². The van der Waals surface area contributed by atoms with Gasteiger partial charge in [0.1, 0.15) is 5.88 Å². The van der Waals surface area contributed by atoms with E-state index in [1.807, 2.05) is 0 Å². The Morgan fingerprint density at radius 1 is 1.19 bits per heavy atom. The highest BCUT2D eigenvalue weighted by Crippen LogP contribution is 2.37. The predicted octanol–water partition coefficient (Wildman–Crippen LogP) is 2.20. The molecule has 1 aromatic carbocycles. The third-order valence-electron chi connectivity index (χ3n) is 3.74. The third kappa shape index (κ3) is 4.78. The van der Waals surface area contributed by atoms with Crippen LogP contribution < -0.4 is 11.2 Å². The molecule has 0 amide bonds. The van der Waals surface area contributed by atoms with Crippen molar-refractivity contribution in [3.8, 4) is 0 Å². The van der Waals surface area contributed by atoms with Crippen molar-refractivity contribution in [2.45, 2.75) is 45.0 Å². The molecule has 0 saturated carbocycles. The maximum Gasteiger partial charge on any atom is 0.416 e. The number of benzene rings is 1. The minimum Gasteiger partial charge on any atom is -0.371 e. The Balaban J connectivity index is 2.84. The molecule has 150 valence electrons. The normalized spacial score (nSPS) is 14.1. The van der Waals surface area contributed by atoms with E-state index in [1.165, 1.54) is 6.92 Å². The molecule has 0 radical (unpaired) electrons. The molecule has 1 aromatic heterocycles. The molecule has 0 aliphatic carbocycles. The Kier molecular flexibility index (Phi) is 5.58. The summed E-state index contributed by atoms with van der Waals surface area (Å²) in [4.78, 5) is 26.7. The molecule has 1 N–H and O–H groups in total. The van der Waals surface area contributed by atoms with Gasteiger partial charge in [-0.2, -0.15) is 13.2 Å². The average Bonchev–Trinajstić information content (AvgIpc) is 2.48. The summed E-state index contributed by atoms with van der Waals surface area (Å²) in [6.07, 6.45) is -5.26. The van der Waals surface area contributed by atoms with Crippen LogP contribution in [0.25, 0.3) is 10.9 Å². The summed E-state index contributed by atoms with van der Waals surface area (Å²) in [5.41, 5.74) is -3.75. The first-order valence-corrected chi connectivity index (χ1v) is 9.98. The smallest absolute Gasteiger partial charge is 0.371 e. The van der Waals surface area contributed by atoms with Gasteiger partial charge in [0.05, 0.1) is 28.7 Å². The van der Waals surface area contributed by atoms with Crippen LogP contribution in [0.2, 0.25) is 0 Å². The van der Waals surface area contributed by atoms with Crippen molar-refractivity contribution in [1.29, 1.82) is 0 Å². The molecule has 2 aromatic rings. The topological polar surface area (TPSA) is 98.2 Å². The summed E-state index contributed by atoms with van der Waals surface area (Å²) >= 11 is 0. The molecule has 7 nitrogen and oxygen atoms in total. The molecule has 0 bridgehead atoms. The summed E-state index contributed by atoms with van der Waals surface area (Å²) in [5.74, 6) is -0.883. The van der Waals surface area contributed by atoms with E-state index in [2.05, 4.69) is 4.98 Å². The first-order valence-electron chi connectivity index (χ1n) is 7.92. The van der Waals surface area contributed by atoms with Crippen molar-refractivity contribution in [2.24, 2.45) is 0 Å². The van der Waals surface area contributed by atoms with Gasteiger partial charge in [-0.25, -0.2) is 17.8 Å². The summed E-state index contributed by atoms with van der Waals surface area (Å²) in [6.45, 7) is 4.72. The lowest BCUT2D eigenvalue weighted by atomic mass is 9.99. The fourth-order valence-corrected chi connectivity index (χ4v) is 3.44. The Labute approximate surface area is 152 Å². The number of nitrogens with one attached hydrogen (secondary N) is 1. The van der Waals surface area contributed by atoms with Crippen LogP contribution in [0.15, 0.2) is 21.7 Å². The SMILES string of the molecule is CC(C)OC(C)c1cc2c(=O)n(CS(C)(=O)=O)c(=O)[nH]c2cc1C(F)(F)F. The van der Waals surface area contributed by atoms with Crippen LogP contribution in [0, 0.1) is 0 Å². The van der Waals surface area contributed by atoms with E-state index >= 15 is 0 Å². The second-order valence-electron chi connectivity index (χ2n) is 6.53. The number of hydrogen-bond donors (Lipinski definition) is 1. The number of rotatable bonds is 5. The maximum atomic E-state index is 13.5. The van der Waals surface area contributed by atoms with E-state index in [0.29, 0.717) is 10.6 Å². The van der Waals surface area contributed by atoms with Gasteiger partial charge >= 0.3 is 11.9 Å². The predicted molar refractivity (Wildman–Crippen MR) is 93.3 cm³/mol. The number of alkyl halides is 3. The zero-order valence-electron chi connectivity index (χ0n) is 15.0. The number of aromatic amines is 1. The molecule has 0 saturated heterocycles. The standard InChI is InChI=1S/C16H19F3N2O5S/c1-8(2)26-9(3)10-5-11-13(6-12(10)16(17,18)19)20-15(23)21(14(11)22)7-27(4,24)25/h5-6,8-9H,7H2,1-4H3,(H,20,23). The van der Waals surface area contributed by atoms with Crippen LogP contribution in [-0.4, -0.2) is 30.3 Å². The van der Waals surface area contributed by atoms with Crippen LogP contribution in [0.3, 0.4) is 0 Å². The van der Waals surface area contributed by atoms with Gasteiger partial charge in [-0.3, -0.25) is 4.79 Å². The van der Waals surface area contributed by atoms with Gasteiger partial charge in [0.2, 0.25) is 0 Å². The number of halogens is 3. The van der Waals surface area contributed by atoms with Crippen LogP contribution in [-0.2, 0) is 26.6 Å². The zero-order valence-corrected chi connectivity index (χ0v) is 15.9. The summed E-state index contributed by atoms with van der Waals surface area (Å²) < 4.78 is 69.1. The highest BCUT2D eigenvalue weighted by Gasteiger charge is 2.36. The van der Waals surface area contributed by atoms with Crippen molar-refractivity contribution in [1.82, 2.24) is 9.55 Å². The summed E-state index contributed by atoms with van der Waals surface area (Å²) in [7, 11) is -3.73. The molecule has 1 unspecified atom stereocenters. The first-order chi connectivity index (χ1) is 12.2. The first kappa shape index (κ1) is 21.2. The van der Waals surface area contributed by atoms with Crippen molar-refractivity contribution < 1.29 is 26.3 Å². The highest BCUT2D eigenvalue weighted by atomic mass is 32.2. The number of sulfone groups is 1. The van der Waals surface area contributed by atoms with Crippen molar-refractivity contribution in [2.75, 3.05) is 6.26 Å². The number of nitrogens with zero attached hydrogens (tertiary/aromatic N) is 1. The van der Waals surface area contributed by atoms with Gasteiger partial charge < -0.3 is 9.72 Å². The Bertz CT molecular complexity index is 1080. The molecule has 1 heterocycles. The van der Waals surface area contributed by atoms with Crippen molar-refractivity contribution in [3.63, 3.8) is 0 Å². The monoisotopic (exact) mass is 408 g/mol. The molecular weight excluding hydrogens is 389 g/mol. The quantitative estimate of drug-likeness (QED) is 0.818. The maximum absolute atomic E-state index is 13.5. The Morgan fingerprint density at radius 3 is 2.26 bits per heavy atom. The van der Waals surface area contributed by atoms with Crippen molar-refractivity contribution >= 4 is 20.7 Å². The highest BCUT2D eigenvalue weighted by molar-refractivity contribution is 7.89. The Morgan fingerprint density at radius 2 is 1.78 bits per heavy atom. The zero-order chi connectivity index (χ0) is 20.7. The molecular formula is C16H19F3N2O5S. The molecule has 0 fully saturated rings. The van der Waals surface area contributed by atoms with Crippen LogP contribution in [0.5, 0.6) is 0 Å². The molecule has 27 heavy (non-hydrogen) atoms. The van der Waals surface area contributed by atoms with E-state index in [0.717, 1.165) is 12.3 Å². The van der Waals surface area contributed by atoms with E-state index in [9.17, 15) is 31.2 Å². The number of fused-ring (bicyclic) bond motifs is 1.